The van der Waals surface area contributed by atoms with Crippen LogP contribution in [0.15, 0.2) is 12.4 Å². The third kappa shape index (κ3) is 2.67. The van der Waals surface area contributed by atoms with Gasteiger partial charge in [0.25, 0.3) is 0 Å². The fourth-order valence-electron chi connectivity index (χ4n) is 4.01. The van der Waals surface area contributed by atoms with E-state index in [1.807, 2.05) is 13.1 Å². The van der Waals surface area contributed by atoms with Gasteiger partial charge in [0.2, 0.25) is 5.91 Å². The number of aryl methyl sites for hydroxylation is 1. The molecule has 1 aromatic rings. The summed E-state index contributed by atoms with van der Waals surface area (Å²) in [7, 11) is 0. The predicted octanol–water partition coefficient (Wildman–Crippen LogP) is 2.13. The third-order valence-corrected chi connectivity index (χ3v) is 4.89. The van der Waals surface area contributed by atoms with Crippen LogP contribution >= 0.6 is 0 Å². The van der Waals surface area contributed by atoms with Crippen molar-refractivity contribution in [2.45, 2.75) is 52.1 Å². The molecule has 0 unspecified atom stereocenters. The summed E-state index contributed by atoms with van der Waals surface area (Å²) in [5.41, 5.74) is 1.09. The number of rotatable bonds is 4. The van der Waals surface area contributed by atoms with Crippen LogP contribution in [0.3, 0.4) is 0 Å². The molecular weight excluding hydrogens is 238 g/mol. The van der Waals surface area contributed by atoms with Crippen molar-refractivity contribution in [3.8, 4) is 0 Å². The Balaban J connectivity index is 1.52. The smallest absolute Gasteiger partial charge is 0.241 e. The monoisotopic (exact) mass is 261 g/mol. The third-order valence-electron chi connectivity index (χ3n) is 4.89. The molecule has 2 aliphatic carbocycles. The first-order valence-electron chi connectivity index (χ1n) is 7.40. The second-order valence-electron chi connectivity index (χ2n) is 6.41. The zero-order chi connectivity index (χ0) is 13.4. The van der Waals surface area contributed by atoms with E-state index in [2.05, 4.69) is 17.3 Å². The second kappa shape index (κ2) is 4.99. The molecule has 0 aliphatic heterocycles. The molecule has 4 atom stereocenters. The lowest BCUT2D eigenvalue weighted by Crippen LogP contribution is -2.41. The van der Waals surface area contributed by atoms with Gasteiger partial charge in [0, 0.05) is 12.2 Å². The predicted molar refractivity (Wildman–Crippen MR) is 73.5 cm³/mol. The van der Waals surface area contributed by atoms with Crippen molar-refractivity contribution in [2.75, 3.05) is 0 Å². The van der Waals surface area contributed by atoms with E-state index >= 15 is 0 Å². The van der Waals surface area contributed by atoms with E-state index in [0.29, 0.717) is 18.5 Å². The number of fused-ring (bicyclic) bond motifs is 2. The second-order valence-corrected chi connectivity index (χ2v) is 6.41. The van der Waals surface area contributed by atoms with E-state index in [0.717, 1.165) is 17.4 Å². The molecule has 19 heavy (non-hydrogen) atoms. The van der Waals surface area contributed by atoms with Crippen molar-refractivity contribution in [1.82, 2.24) is 15.1 Å². The van der Waals surface area contributed by atoms with Crippen LogP contribution < -0.4 is 5.32 Å². The van der Waals surface area contributed by atoms with Crippen LogP contribution in [0.4, 0.5) is 0 Å². The van der Waals surface area contributed by atoms with Crippen LogP contribution in [0.5, 0.6) is 0 Å². The molecule has 4 nitrogen and oxygen atoms in total. The molecule has 0 saturated heterocycles. The summed E-state index contributed by atoms with van der Waals surface area (Å²) >= 11 is 0. The summed E-state index contributed by atoms with van der Waals surface area (Å²) in [5.74, 6) is 2.57. The highest BCUT2D eigenvalue weighted by Crippen LogP contribution is 2.49. The van der Waals surface area contributed by atoms with Crippen molar-refractivity contribution in [3.05, 3.63) is 18.0 Å². The molecule has 4 heteroatoms. The van der Waals surface area contributed by atoms with Gasteiger partial charge in [-0.3, -0.25) is 9.48 Å². The van der Waals surface area contributed by atoms with Gasteiger partial charge in [0.05, 0.1) is 6.20 Å². The zero-order valence-electron chi connectivity index (χ0n) is 11.8. The maximum absolute atomic E-state index is 12.0. The maximum Gasteiger partial charge on any atom is 0.241 e. The molecule has 2 saturated carbocycles. The molecule has 104 valence electrons. The normalized spacial score (nSPS) is 30.5. The zero-order valence-corrected chi connectivity index (χ0v) is 11.8. The molecule has 2 fully saturated rings. The number of nitrogens with zero attached hydrogens (tertiary/aromatic N) is 2. The van der Waals surface area contributed by atoms with Gasteiger partial charge in [-0.1, -0.05) is 6.42 Å². The van der Waals surface area contributed by atoms with Crippen LogP contribution in [0.1, 0.15) is 38.2 Å². The van der Waals surface area contributed by atoms with E-state index in [-0.39, 0.29) is 5.91 Å². The first kappa shape index (κ1) is 12.7. The quantitative estimate of drug-likeness (QED) is 0.902. The SMILES string of the molecule is Cc1cnn(CC(=O)N[C@H](C)[C@@H]2C[C@@H]3CC[C@@H]2C3)c1. The topological polar surface area (TPSA) is 46.9 Å². The minimum atomic E-state index is 0.0818. The van der Waals surface area contributed by atoms with Crippen LogP contribution in [-0.4, -0.2) is 21.7 Å². The van der Waals surface area contributed by atoms with E-state index in [1.54, 1.807) is 10.9 Å². The lowest BCUT2D eigenvalue weighted by molar-refractivity contribution is -0.122. The van der Waals surface area contributed by atoms with Crippen molar-refractivity contribution < 1.29 is 4.79 Å². The van der Waals surface area contributed by atoms with Gasteiger partial charge >= 0.3 is 0 Å². The Labute approximate surface area is 114 Å². The standard InChI is InChI=1S/C15H23N3O/c1-10-7-16-18(8-10)9-15(19)17-11(2)14-6-12-3-4-13(14)5-12/h7-8,11-14H,3-6,9H2,1-2H3,(H,17,19)/t11-,12-,13-,14+/m1/s1. The fourth-order valence-corrected chi connectivity index (χ4v) is 4.01. The van der Waals surface area contributed by atoms with Gasteiger partial charge in [-0.15, -0.1) is 0 Å². The average Bonchev–Trinajstić information content (AvgIpc) is 3.05. The van der Waals surface area contributed by atoms with E-state index in [9.17, 15) is 4.79 Å². The van der Waals surface area contributed by atoms with Gasteiger partial charge in [-0.2, -0.15) is 5.10 Å². The Kier molecular flexibility index (Phi) is 3.33. The van der Waals surface area contributed by atoms with Gasteiger partial charge in [0.1, 0.15) is 6.54 Å². The van der Waals surface area contributed by atoms with Crippen molar-refractivity contribution in [1.29, 1.82) is 0 Å². The minimum Gasteiger partial charge on any atom is -0.352 e. The molecule has 0 radical (unpaired) electrons. The number of carbonyl (C=O) groups excluding carboxylic acids is 1. The molecule has 1 heterocycles. The molecule has 2 bridgehead atoms. The van der Waals surface area contributed by atoms with Gasteiger partial charge in [-0.25, -0.2) is 0 Å². The number of carbonyl (C=O) groups is 1. The molecule has 0 aromatic carbocycles. The van der Waals surface area contributed by atoms with Crippen molar-refractivity contribution >= 4 is 5.91 Å². The summed E-state index contributed by atoms with van der Waals surface area (Å²) in [6, 6.07) is 0.305. The number of aromatic nitrogens is 2. The van der Waals surface area contributed by atoms with Crippen molar-refractivity contribution in [2.24, 2.45) is 17.8 Å². The number of hydrogen-bond acceptors (Lipinski definition) is 2. The van der Waals surface area contributed by atoms with E-state index < -0.39 is 0 Å². The first-order valence-corrected chi connectivity index (χ1v) is 7.40. The fraction of sp³-hybridized carbons (Fsp3) is 0.733. The Hall–Kier alpha value is -1.32. The molecule has 1 aromatic heterocycles. The Morgan fingerprint density at radius 3 is 2.95 bits per heavy atom. The number of nitrogens with one attached hydrogen (secondary N) is 1. The van der Waals surface area contributed by atoms with Gasteiger partial charge in [0.15, 0.2) is 0 Å². The highest BCUT2D eigenvalue weighted by Gasteiger charge is 2.42. The molecular formula is C15H23N3O. The Bertz CT molecular complexity index is 468. The summed E-state index contributed by atoms with van der Waals surface area (Å²) in [5, 5.41) is 7.32. The van der Waals surface area contributed by atoms with Gasteiger partial charge in [-0.05, 0) is 56.4 Å². The lowest BCUT2D eigenvalue weighted by Gasteiger charge is -2.28. The summed E-state index contributed by atoms with van der Waals surface area (Å²) < 4.78 is 1.71. The molecule has 3 rings (SSSR count). The Morgan fingerprint density at radius 2 is 2.37 bits per heavy atom. The number of hydrogen-bond donors (Lipinski definition) is 1. The van der Waals surface area contributed by atoms with E-state index in [1.165, 1.54) is 25.7 Å². The molecule has 0 spiro atoms. The molecule has 1 N–H and O–H groups in total. The Morgan fingerprint density at radius 1 is 1.53 bits per heavy atom. The highest BCUT2D eigenvalue weighted by atomic mass is 16.2. The molecule has 1 amide bonds. The largest absolute Gasteiger partial charge is 0.352 e. The van der Waals surface area contributed by atoms with Gasteiger partial charge < -0.3 is 5.32 Å². The van der Waals surface area contributed by atoms with Crippen LogP contribution in [0, 0.1) is 24.7 Å². The first-order chi connectivity index (χ1) is 9.11. The van der Waals surface area contributed by atoms with Crippen LogP contribution in [-0.2, 0) is 11.3 Å². The summed E-state index contributed by atoms with van der Waals surface area (Å²) in [6.45, 7) is 4.48. The highest BCUT2D eigenvalue weighted by molar-refractivity contribution is 5.75. The van der Waals surface area contributed by atoms with E-state index in [4.69, 9.17) is 0 Å². The lowest BCUT2D eigenvalue weighted by atomic mass is 9.84. The van der Waals surface area contributed by atoms with Crippen LogP contribution in [0.2, 0.25) is 0 Å². The average molecular weight is 261 g/mol. The van der Waals surface area contributed by atoms with Crippen molar-refractivity contribution in [3.63, 3.8) is 0 Å². The number of amides is 1. The maximum atomic E-state index is 12.0. The molecule has 2 aliphatic rings. The summed E-state index contributed by atoms with van der Waals surface area (Å²) in [6.07, 6.45) is 9.17. The minimum absolute atomic E-state index is 0.0818. The summed E-state index contributed by atoms with van der Waals surface area (Å²) in [4.78, 5) is 12.0. The van der Waals surface area contributed by atoms with Crippen LogP contribution in [0.25, 0.3) is 0 Å².